The number of benzene rings is 2. The molecule has 0 saturated carbocycles. The molecule has 0 amide bonds. The zero-order valence-corrected chi connectivity index (χ0v) is 13.3. The highest BCUT2D eigenvalue weighted by atomic mass is 19.1. The van der Waals surface area contributed by atoms with Gasteiger partial charge < -0.3 is 0 Å². The molecule has 24 heavy (non-hydrogen) atoms. The van der Waals surface area contributed by atoms with E-state index < -0.39 is 0 Å². The Morgan fingerprint density at radius 3 is 2.46 bits per heavy atom. The van der Waals surface area contributed by atoms with Crippen molar-refractivity contribution in [2.24, 2.45) is 0 Å². The molecule has 0 fully saturated rings. The van der Waals surface area contributed by atoms with Gasteiger partial charge in [0.2, 0.25) is 0 Å². The van der Waals surface area contributed by atoms with Gasteiger partial charge in [-0.2, -0.15) is 0 Å². The van der Waals surface area contributed by atoms with E-state index in [2.05, 4.69) is 36.2 Å². The number of nitrogens with zero attached hydrogens (tertiary/aromatic N) is 3. The van der Waals surface area contributed by atoms with Gasteiger partial charge in [0.15, 0.2) is 5.65 Å². The average molecular weight is 317 g/mol. The van der Waals surface area contributed by atoms with Gasteiger partial charge in [-0.3, -0.25) is 4.57 Å². The highest BCUT2D eigenvalue weighted by Gasteiger charge is 2.13. The van der Waals surface area contributed by atoms with E-state index in [0.29, 0.717) is 6.42 Å². The molecule has 2 aromatic heterocycles. The molecule has 0 N–H and O–H groups in total. The van der Waals surface area contributed by atoms with Crippen LogP contribution in [0.25, 0.3) is 16.9 Å². The lowest BCUT2D eigenvalue weighted by atomic mass is 10.1. The second kappa shape index (κ2) is 5.89. The van der Waals surface area contributed by atoms with Crippen molar-refractivity contribution in [3.05, 3.63) is 89.6 Å². The van der Waals surface area contributed by atoms with Crippen LogP contribution >= 0.6 is 0 Å². The van der Waals surface area contributed by atoms with E-state index >= 15 is 0 Å². The van der Waals surface area contributed by atoms with Crippen LogP contribution < -0.4 is 0 Å². The lowest BCUT2D eigenvalue weighted by molar-refractivity contribution is 0.627. The summed E-state index contributed by atoms with van der Waals surface area (Å²) in [6.45, 7) is 2.07. The minimum absolute atomic E-state index is 0.254. The number of rotatable bonds is 3. The van der Waals surface area contributed by atoms with Gasteiger partial charge in [0, 0.05) is 18.3 Å². The smallest absolute Gasteiger partial charge is 0.164 e. The number of imidazole rings is 1. The third-order valence-corrected chi connectivity index (χ3v) is 4.05. The highest BCUT2D eigenvalue weighted by Crippen LogP contribution is 2.22. The van der Waals surface area contributed by atoms with Crippen LogP contribution in [0.4, 0.5) is 4.39 Å². The Morgan fingerprint density at radius 1 is 0.958 bits per heavy atom. The Hall–Kier alpha value is -3.01. The van der Waals surface area contributed by atoms with Gasteiger partial charge in [-0.25, -0.2) is 14.4 Å². The van der Waals surface area contributed by atoms with Crippen molar-refractivity contribution >= 4 is 11.2 Å². The summed E-state index contributed by atoms with van der Waals surface area (Å²) in [4.78, 5) is 9.20. The van der Waals surface area contributed by atoms with Crippen molar-refractivity contribution in [3.8, 4) is 5.69 Å². The fourth-order valence-corrected chi connectivity index (χ4v) is 2.83. The fraction of sp³-hybridized carbons (Fsp3) is 0.100. The van der Waals surface area contributed by atoms with Gasteiger partial charge in [0.25, 0.3) is 0 Å². The summed E-state index contributed by atoms with van der Waals surface area (Å²) in [5.74, 6) is 0.635. The van der Waals surface area contributed by atoms with Gasteiger partial charge in [-0.15, -0.1) is 0 Å². The molecule has 2 heterocycles. The van der Waals surface area contributed by atoms with E-state index in [1.165, 1.54) is 23.3 Å². The van der Waals surface area contributed by atoms with Crippen molar-refractivity contribution in [1.29, 1.82) is 0 Å². The van der Waals surface area contributed by atoms with Gasteiger partial charge >= 0.3 is 0 Å². The number of fused-ring (bicyclic) bond motifs is 1. The Bertz CT molecular complexity index is 986. The van der Waals surface area contributed by atoms with E-state index in [1.54, 1.807) is 18.3 Å². The van der Waals surface area contributed by atoms with Crippen molar-refractivity contribution in [2.45, 2.75) is 13.3 Å². The van der Waals surface area contributed by atoms with Gasteiger partial charge in [0.05, 0.1) is 0 Å². The van der Waals surface area contributed by atoms with Gasteiger partial charge in [0.1, 0.15) is 17.2 Å². The standard InChI is InChI=1S/C20H16FN3/c1-14-4-6-15(7-5-14)13-19-23-18-3-2-12-22-20(18)24(19)17-10-8-16(21)9-11-17/h2-12H,13H2,1H3. The molecule has 0 radical (unpaired) electrons. The molecule has 0 aliphatic heterocycles. The maximum atomic E-state index is 13.3. The third kappa shape index (κ3) is 2.67. The van der Waals surface area contributed by atoms with Gasteiger partial charge in [-0.05, 0) is 48.9 Å². The molecule has 4 rings (SSSR count). The first kappa shape index (κ1) is 14.6. The molecule has 0 spiro atoms. The molecule has 0 aliphatic rings. The summed E-state index contributed by atoms with van der Waals surface area (Å²) < 4.78 is 15.3. The molecular weight excluding hydrogens is 301 g/mol. The van der Waals surface area contributed by atoms with Crippen molar-refractivity contribution in [1.82, 2.24) is 14.5 Å². The topological polar surface area (TPSA) is 30.7 Å². The van der Waals surface area contributed by atoms with E-state index in [0.717, 1.165) is 22.7 Å². The fourth-order valence-electron chi connectivity index (χ4n) is 2.83. The number of halogens is 1. The summed E-state index contributed by atoms with van der Waals surface area (Å²) in [6, 6.07) is 18.7. The summed E-state index contributed by atoms with van der Waals surface area (Å²) in [5, 5.41) is 0. The lowest BCUT2D eigenvalue weighted by Gasteiger charge is -2.09. The predicted molar refractivity (Wildman–Crippen MR) is 92.8 cm³/mol. The second-order valence-electron chi connectivity index (χ2n) is 5.85. The minimum Gasteiger partial charge on any atom is -0.280 e. The number of aromatic nitrogens is 3. The Kier molecular flexibility index (Phi) is 3.58. The summed E-state index contributed by atoms with van der Waals surface area (Å²) in [7, 11) is 0. The molecular formula is C20H16FN3. The molecule has 2 aromatic carbocycles. The molecule has 0 saturated heterocycles. The Morgan fingerprint density at radius 2 is 1.71 bits per heavy atom. The number of pyridine rings is 1. The zero-order chi connectivity index (χ0) is 16.5. The van der Waals surface area contributed by atoms with Crippen molar-refractivity contribution in [3.63, 3.8) is 0 Å². The molecule has 0 atom stereocenters. The minimum atomic E-state index is -0.254. The first-order valence-corrected chi connectivity index (χ1v) is 7.84. The zero-order valence-electron chi connectivity index (χ0n) is 13.3. The van der Waals surface area contributed by atoms with Crippen LogP contribution in [0, 0.1) is 12.7 Å². The molecule has 118 valence electrons. The molecule has 0 unspecified atom stereocenters. The first-order chi connectivity index (χ1) is 11.7. The van der Waals surface area contributed by atoms with E-state index in [-0.39, 0.29) is 5.82 Å². The first-order valence-electron chi connectivity index (χ1n) is 7.84. The number of hydrogen-bond donors (Lipinski definition) is 0. The summed E-state index contributed by atoms with van der Waals surface area (Å²) in [6.07, 6.45) is 2.44. The van der Waals surface area contributed by atoms with Gasteiger partial charge in [-0.1, -0.05) is 29.8 Å². The molecule has 0 aliphatic carbocycles. The number of hydrogen-bond acceptors (Lipinski definition) is 2. The lowest BCUT2D eigenvalue weighted by Crippen LogP contribution is -2.03. The predicted octanol–water partition coefficient (Wildman–Crippen LogP) is 4.46. The maximum Gasteiger partial charge on any atom is 0.164 e. The summed E-state index contributed by atoms with van der Waals surface area (Å²) in [5.41, 5.74) is 4.89. The summed E-state index contributed by atoms with van der Waals surface area (Å²) >= 11 is 0. The van der Waals surface area contributed by atoms with E-state index in [9.17, 15) is 4.39 Å². The van der Waals surface area contributed by atoms with Crippen LogP contribution in [0.5, 0.6) is 0 Å². The normalized spacial score (nSPS) is 11.1. The van der Waals surface area contributed by atoms with Crippen molar-refractivity contribution < 1.29 is 4.39 Å². The van der Waals surface area contributed by atoms with Crippen LogP contribution in [-0.2, 0) is 6.42 Å². The van der Waals surface area contributed by atoms with Crippen molar-refractivity contribution in [2.75, 3.05) is 0 Å². The number of aryl methyl sites for hydroxylation is 1. The maximum absolute atomic E-state index is 13.3. The third-order valence-electron chi connectivity index (χ3n) is 4.05. The van der Waals surface area contributed by atoms with Crippen LogP contribution in [0.2, 0.25) is 0 Å². The van der Waals surface area contributed by atoms with Crippen LogP contribution in [-0.4, -0.2) is 14.5 Å². The quantitative estimate of drug-likeness (QED) is 0.558. The Labute approximate surface area is 139 Å². The molecule has 0 bridgehead atoms. The highest BCUT2D eigenvalue weighted by molar-refractivity contribution is 5.74. The largest absolute Gasteiger partial charge is 0.280 e. The van der Waals surface area contributed by atoms with Crippen LogP contribution in [0.15, 0.2) is 66.9 Å². The molecule has 4 aromatic rings. The monoisotopic (exact) mass is 317 g/mol. The molecule has 4 heteroatoms. The van der Waals surface area contributed by atoms with Crippen LogP contribution in [0.1, 0.15) is 17.0 Å². The van der Waals surface area contributed by atoms with E-state index in [4.69, 9.17) is 4.98 Å². The SMILES string of the molecule is Cc1ccc(Cc2nc3cccnc3n2-c2ccc(F)cc2)cc1. The van der Waals surface area contributed by atoms with Crippen LogP contribution in [0.3, 0.4) is 0 Å². The second-order valence-corrected chi connectivity index (χ2v) is 5.85. The van der Waals surface area contributed by atoms with E-state index in [1.807, 2.05) is 16.7 Å². The Balaban J connectivity index is 1.86. The average Bonchev–Trinajstić information content (AvgIpc) is 2.96. The molecule has 3 nitrogen and oxygen atoms in total.